The molecule has 2 rings (SSSR count). The van der Waals surface area contributed by atoms with Gasteiger partial charge < -0.3 is 30.3 Å². The summed E-state index contributed by atoms with van der Waals surface area (Å²) in [5, 5.41) is 25.5. The number of esters is 2. The van der Waals surface area contributed by atoms with Gasteiger partial charge in [0.05, 0.1) is 17.2 Å². The van der Waals surface area contributed by atoms with Crippen molar-refractivity contribution in [3.05, 3.63) is 23.8 Å². The highest BCUT2D eigenvalue weighted by atomic mass is 16.6. The highest BCUT2D eigenvalue weighted by molar-refractivity contribution is 6.01. The SMILES string of the molecule is CC(C)CC[C@H]1C(=O)O[C@H](C)[C@H](NC(=O)c2cccc(NC=O)c2O)C(=O)O[C@@H](C)[C@H]1O. The van der Waals surface area contributed by atoms with Crippen molar-refractivity contribution in [2.45, 2.75) is 64.9 Å². The molecule has 0 unspecified atom stereocenters. The van der Waals surface area contributed by atoms with E-state index in [4.69, 9.17) is 9.47 Å². The Balaban J connectivity index is 2.26. The van der Waals surface area contributed by atoms with E-state index < -0.39 is 53.9 Å². The zero-order valence-corrected chi connectivity index (χ0v) is 18.5. The minimum atomic E-state index is -1.38. The Morgan fingerprint density at radius 1 is 1.16 bits per heavy atom. The lowest BCUT2D eigenvalue weighted by Crippen LogP contribution is -2.50. The number of amides is 2. The number of phenols is 1. The number of aliphatic hydroxyl groups is 1. The van der Waals surface area contributed by atoms with Gasteiger partial charge in [-0.3, -0.25) is 14.4 Å². The van der Waals surface area contributed by atoms with Crippen molar-refractivity contribution < 1.29 is 38.9 Å². The van der Waals surface area contributed by atoms with E-state index in [1.807, 2.05) is 13.8 Å². The zero-order valence-electron chi connectivity index (χ0n) is 18.5. The summed E-state index contributed by atoms with van der Waals surface area (Å²) < 4.78 is 10.7. The molecule has 1 saturated heterocycles. The van der Waals surface area contributed by atoms with Gasteiger partial charge in [-0.2, -0.15) is 0 Å². The first-order chi connectivity index (χ1) is 15.1. The molecule has 0 aliphatic carbocycles. The summed E-state index contributed by atoms with van der Waals surface area (Å²) in [5.74, 6) is -3.50. The van der Waals surface area contributed by atoms with Gasteiger partial charge in [-0.15, -0.1) is 0 Å². The Morgan fingerprint density at radius 2 is 1.81 bits per heavy atom. The van der Waals surface area contributed by atoms with Gasteiger partial charge in [0.2, 0.25) is 6.41 Å². The fourth-order valence-electron chi connectivity index (χ4n) is 3.43. The van der Waals surface area contributed by atoms with Gasteiger partial charge in [0.25, 0.3) is 5.91 Å². The molecule has 176 valence electrons. The molecular formula is C22H30N2O8. The van der Waals surface area contributed by atoms with Gasteiger partial charge >= 0.3 is 11.9 Å². The monoisotopic (exact) mass is 450 g/mol. The summed E-state index contributed by atoms with van der Waals surface area (Å²) >= 11 is 0. The first-order valence-electron chi connectivity index (χ1n) is 10.5. The normalized spacial score (nSPS) is 26.2. The number of benzene rings is 1. The molecular weight excluding hydrogens is 420 g/mol. The molecule has 0 spiro atoms. The van der Waals surface area contributed by atoms with E-state index in [1.165, 1.54) is 32.0 Å². The number of hydrogen-bond donors (Lipinski definition) is 4. The van der Waals surface area contributed by atoms with Crippen molar-refractivity contribution in [1.29, 1.82) is 0 Å². The Kier molecular flexibility index (Phi) is 8.59. The van der Waals surface area contributed by atoms with Crippen molar-refractivity contribution in [2.24, 2.45) is 11.8 Å². The summed E-state index contributed by atoms with van der Waals surface area (Å²) in [4.78, 5) is 48.9. The fourth-order valence-corrected chi connectivity index (χ4v) is 3.43. The van der Waals surface area contributed by atoms with E-state index in [9.17, 15) is 29.4 Å². The molecule has 2 amide bonds. The maximum Gasteiger partial charge on any atom is 0.332 e. The van der Waals surface area contributed by atoms with Crippen LogP contribution in [0.15, 0.2) is 18.2 Å². The van der Waals surface area contributed by atoms with Gasteiger partial charge in [0.15, 0.2) is 11.8 Å². The number of para-hydroxylation sites is 1. The van der Waals surface area contributed by atoms with E-state index in [0.29, 0.717) is 25.2 Å². The number of rotatable bonds is 7. The van der Waals surface area contributed by atoms with Crippen LogP contribution in [-0.2, 0) is 23.9 Å². The van der Waals surface area contributed by atoms with Crippen molar-refractivity contribution in [3.63, 3.8) is 0 Å². The van der Waals surface area contributed by atoms with Gasteiger partial charge in [-0.05, 0) is 38.3 Å². The number of ether oxygens (including phenoxy) is 2. The topological polar surface area (TPSA) is 151 Å². The number of cyclic esters (lactones) is 2. The van der Waals surface area contributed by atoms with Crippen LogP contribution >= 0.6 is 0 Å². The van der Waals surface area contributed by atoms with E-state index >= 15 is 0 Å². The maximum atomic E-state index is 12.7. The van der Waals surface area contributed by atoms with Crippen LogP contribution in [0.2, 0.25) is 0 Å². The third-order valence-corrected chi connectivity index (χ3v) is 5.36. The standard InChI is InChI=1S/C22H30N2O8/c1-11(2)8-9-15-18(26)13(4)32-22(30)17(12(3)31-21(15)29)24-20(28)14-6-5-7-16(19(14)27)23-10-25/h5-7,10-13,15,17-18,26-27H,8-9H2,1-4H3,(H,23,25)(H,24,28)/t12-,13+,15-,17+,18-/m1/s1. The van der Waals surface area contributed by atoms with Gasteiger partial charge in [0.1, 0.15) is 18.3 Å². The number of carbonyl (C=O) groups excluding carboxylic acids is 4. The van der Waals surface area contributed by atoms with Crippen LogP contribution in [-0.4, -0.2) is 58.8 Å². The van der Waals surface area contributed by atoms with E-state index in [-0.39, 0.29) is 11.3 Å². The Morgan fingerprint density at radius 3 is 2.44 bits per heavy atom. The Hall–Kier alpha value is -3.14. The van der Waals surface area contributed by atoms with Crippen molar-refractivity contribution in [3.8, 4) is 5.75 Å². The van der Waals surface area contributed by atoms with Crippen LogP contribution < -0.4 is 10.6 Å². The highest BCUT2D eigenvalue weighted by Crippen LogP contribution is 2.28. The van der Waals surface area contributed by atoms with Crippen LogP contribution in [0, 0.1) is 11.8 Å². The van der Waals surface area contributed by atoms with Crippen molar-refractivity contribution in [1.82, 2.24) is 5.32 Å². The second kappa shape index (κ2) is 10.9. The Bertz CT molecular complexity index is 856. The lowest BCUT2D eigenvalue weighted by molar-refractivity contribution is -0.160. The number of phenolic OH excluding ortho intramolecular Hbond substituents is 1. The lowest BCUT2D eigenvalue weighted by atomic mass is 9.91. The lowest BCUT2D eigenvalue weighted by Gasteiger charge is -2.25. The molecule has 1 aliphatic rings. The quantitative estimate of drug-likeness (QED) is 0.276. The number of aliphatic hydroxyl groups excluding tert-OH is 1. The first-order valence-corrected chi connectivity index (χ1v) is 10.5. The smallest absolute Gasteiger partial charge is 0.332 e. The number of aromatic hydroxyl groups is 1. The molecule has 1 aromatic rings. The second-order valence-electron chi connectivity index (χ2n) is 8.27. The van der Waals surface area contributed by atoms with E-state index in [0.717, 1.165) is 0 Å². The molecule has 0 bridgehead atoms. The first kappa shape index (κ1) is 25.1. The maximum absolute atomic E-state index is 12.7. The third-order valence-electron chi connectivity index (χ3n) is 5.36. The van der Waals surface area contributed by atoms with Crippen LogP contribution in [0.5, 0.6) is 5.75 Å². The molecule has 5 atom stereocenters. The average Bonchev–Trinajstić information content (AvgIpc) is 2.74. The molecule has 0 radical (unpaired) electrons. The van der Waals surface area contributed by atoms with Crippen molar-refractivity contribution >= 4 is 29.9 Å². The predicted molar refractivity (Wildman–Crippen MR) is 114 cm³/mol. The molecule has 10 nitrogen and oxygen atoms in total. The zero-order chi connectivity index (χ0) is 24.0. The van der Waals surface area contributed by atoms with E-state index in [1.54, 1.807) is 0 Å². The van der Waals surface area contributed by atoms with Gasteiger partial charge in [0, 0.05) is 0 Å². The molecule has 10 heteroatoms. The van der Waals surface area contributed by atoms with Crippen LogP contribution in [0.1, 0.15) is 50.9 Å². The van der Waals surface area contributed by atoms with Gasteiger partial charge in [-0.25, -0.2) is 4.79 Å². The average molecular weight is 450 g/mol. The third kappa shape index (κ3) is 5.97. The van der Waals surface area contributed by atoms with E-state index in [2.05, 4.69) is 10.6 Å². The summed E-state index contributed by atoms with van der Waals surface area (Å²) in [6, 6.07) is 2.74. The minimum absolute atomic E-state index is 0.00825. The molecule has 32 heavy (non-hydrogen) atoms. The number of carbonyl (C=O) groups is 4. The highest BCUT2D eigenvalue weighted by Gasteiger charge is 2.41. The molecule has 0 saturated carbocycles. The van der Waals surface area contributed by atoms with Gasteiger partial charge in [-0.1, -0.05) is 26.3 Å². The Labute approximate surface area is 186 Å². The second-order valence-corrected chi connectivity index (χ2v) is 8.27. The summed E-state index contributed by atoms with van der Waals surface area (Å²) in [6.45, 7) is 6.86. The largest absolute Gasteiger partial charge is 0.505 e. The molecule has 1 fully saturated rings. The molecule has 1 aromatic carbocycles. The van der Waals surface area contributed by atoms with Crippen LogP contribution in [0.25, 0.3) is 0 Å². The fraction of sp³-hybridized carbons (Fsp3) is 0.545. The van der Waals surface area contributed by atoms with Crippen LogP contribution in [0.3, 0.4) is 0 Å². The number of nitrogens with one attached hydrogen (secondary N) is 2. The summed E-state index contributed by atoms with van der Waals surface area (Å²) in [7, 11) is 0. The van der Waals surface area contributed by atoms with Crippen LogP contribution in [0.4, 0.5) is 5.69 Å². The summed E-state index contributed by atoms with van der Waals surface area (Å²) in [6.07, 6.45) is -2.01. The minimum Gasteiger partial charge on any atom is -0.505 e. The predicted octanol–water partition coefficient (Wildman–Crippen LogP) is 1.35. The molecule has 4 N–H and O–H groups in total. The summed E-state index contributed by atoms with van der Waals surface area (Å²) in [5.41, 5.74) is -0.195. The molecule has 1 heterocycles. The van der Waals surface area contributed by atoms with Crippen molar-refractivity contribution in [2.75, 3.05) is 5.32 Å². The molecule has 1 aliphatic heterocycles. The number of anilines is 1. The molecule has 0 aromatic heterocycles. The number of hydrogen-bond acceptors (Lipinski definition) is 8.